The van der Waals surface area contributed by atoms with Crippen molar-refractivity contribution in [1.29, 1.82) is 0 Å². The zero-order valence-corrected chi connectivity index (χ0v) is 18.8. The molecule has 3 rings (SSSR count). The average Bonchev–Trinajstić information content (AvgIpc) is 2.66. The van der Waals surface area contributed by atoms with Crippen LogP contribution in [0.2, 0.25) is 5.04 Å². The number of hydrogen-bond donors (Lipinski definition) is 0. The summed E-state index contributed by atoms with van der Waals surface area (Å²) in [4.78, 5) is 12.1. The molecule has 0 bridgehead atoms. The number of carbonyl (C=O) groups excluding carboxylic acids is 1. The second-order valence-corrected chi connectivity index (χ2v) is 13.4. The highest BCUT2D eigenvalue weighted by Gasteiger charge is 2.50. The van der Waals surface area contributed by atoms with Crippen LogP contribution in [-0.4, -0.2) is 20.7 Å². The first kappa shape index (κ1) is 20.2. The monoisotopic (exact) mass is 442 g/mol. The van der Waals surface area contributed by atoms with Crippen molar-refractivity contribution in [2.24, 2.45) is 5.92 Å². The quantitative estimate of drug-likeness (QED) is 0.620. The zero-order valence-electron chi connectivity index (χ0n) is 16.2. The van der Waals surface area contributed by atoms with Crippen molar-refractivity contribution in [2.45, 2.75) is 38.7 Å². The third-order valence-electron chi connectivity index (χ3n) is 5.32. The molecule has 1 atom stereocenters. The summed E-state index contributed by atoms with van der Waals surface area (Å²) in [5, 5.41) is 2.52. The Morgan fingerprint density at radius 2 is 1.52 bits per heavy atom. The van der Waals surface area contributed by atoms with Gasteiger partial charge >= 0.3 is 0 Å². The molecule has 2 aromatic carbocycles. The summed E-state index contributed by atoms with van der Waals surface area (Å²) < 4.78 is 7.64. The van der Waals surface area contributed by atoms with Crippen LogP contribution in [0.1, 0.15) is 33.6 Å². The van der Waals surface area contributed by atoms with Gasteiger partial charge in [0, 0.05) is 13.0 Å². The molecule has 0 fully saturated rings. The summed E-state index contributed by atoms with van der Waals surface area (Å²) in [7, 11) is -2.52. The molecule has 142 valence electrons. The van der Waals surface area contributed by atoms with Crippen molar-refractivity contribution in [3.8, 4) is 0 Å². The van der Waals surface area contributed by atoms with Gasteiger partial charge in [0.2, 0.25) is 0 Å². The second-order valence-electron chi connectivity index (χ2n) is 8.26. The van der Waals surface area contributed by atoms with E-state index in [1.165, 1.54) is 10.4 Å². The molecule has 2 aromatic rings. The molecule has 0 radical (unpaired) electrons. The number of hydrogen-bond acceptors (Lipinski definition) is 2. The highest BCUT2D eigenvalue weighted by Crippen LogP contribution is 2.37. The van der Waals surface area contributed by atoms with Gasteiger partial charge in [-0.3, -0.25) is 4.79 Å². The fourth-order valence-corrected chi connectivity index (χ4v) is 8.95. The van der Waals surface area contributed by atoms with E-state index in [4.69, 9.17) is 4.43 Å². The lowest BCUT2D eigenvalue weighted by Crippen LogP contribution is -2.67. The van der Waals surface area contributed by atoms with E-state index in [2.05, 4.69) is 97.4 Å². The van der Waals surface area contributed by atoms with Gasteiger partial charge in [0.1, 0.15) is 0 Å². The van der Waals surface area contributed by atoms with E-state index >= 15 is 0 Å². The van der Waals surface area contributed by atoms with Crippen LogP contribution in [0.3, 0.4) is 0 Å². The Morgan fingerprint density at radius 1 is 1.00 bits per heavy atom. The maximum atomic E-state index is 12.1. The molecule has 0 amide bonds. The predicted molar refractivity (Wildman–Crippen MR) is 118 cm³/mol. The summed E-state index contributed by atoms with van der Waals surface area (Å²) in [6, 6.07) is 21.3. The Morgan fingerprint density at radius 3 is 1.96 bits per heavy atom. The molecule has 0 aromatic heterocycles. The third kappa shape index (κ3) is 4.18. The topological polar surface area (TPSA) is 26.3 Å². The molecule has 0 saturated carbocycles. The minimum Gasteiger partial charge on any atom is -0.407 e. The Balaban J connectivity index is 2.01. The fraction of sp³-hybridized carbons (Fsp3) is 0.348. The van der Waals surface area contributed by atoms with Crippen LogP contribution in [-0.2, 0) is 9.22 Å². The van der Waals surface area contributed by atoms with Gasteiger partial charge in [-0.25, -0.2) is 0 Å². The summed E-state index contributed by atoms with van der Waals surface area (Å²) in [5.74, 6) is 0.415. The summed E-state index contributed by atoms with van der Waals surface area (Å²) in [6.07, 6.45) is 3.42. The van der Waals surface area contributed by atoms with Gasteiger partial charge in [-0.1, -0.05) is 87.5 Å². The van der Waals surface area contributed by atoms with Crippen LogP contribution >= 0.6 is 15.9 Å². The second kappa shape index (κ2) is 8.25. The van der Waals surface area contributed by atoms with Crippen LogP contribution in [0.25, 0.3) is 0 Å². The molecular weight excluding hydrogens is 416 g/mol. The number of benzene rings is 2. The number of rotatable bonds is 5. The number of allylic oxidation sites excluding steroid dienone is 2. The van der Waals surface area contributed by atoms with Gasteiger partial charge in [0.15, 0.2) is 5.78 Å². The maximum Gasteiger partial charge on any atom is 0.261 e. The SMILES string of the molecule is CC(C)(C)[Si](OC[C@@H]1CC=C(Br)C(=O)C1)(c1ccccc1)c1ccccc1. The maximum absolute atomic E-state index is 12.1. The number of halogens is 1. The lowest BCUT2D eigenvalue weighted by molar-refractivity contribution is -0.116. The molecular formula is C23H27BrO2Si. The van der Waals surface area contributed by atoms with Crippen molar-refractivity contribution in [2.75, 3.05) is 6.61 Å². The van der Waals surface area contributed by atoms with Crippen molar-refractivity contribution in [3.63, 3.8) is 0 Å². The van der Waals surface area contributed by atoms with E-state index in [-0.39, 0.29) is 16.7 Å². The first-order chi connectivity index (χ1) is 12.8. The molecule has 0 spiro atoms. The largest absolute Gasteiger partial charge is 0.407 e. The third-order valence-corrected chi connectivity index (χ3v) is 11.1. The lowest BCUT2D eigenvalue weighted by atomic mass is 9.94. The molecule has 0 heterocycles. The van der Waals surface area contributed by atoms with E-state index < -0.39 is 8.32 Å². The van der Waals surface area contributed by atoms with Gasteiger partial charge in [0.05, 0.1) is 4.48 Å². The Hall–Kier alpha value is -1.49. The van der Waals surface area contributed by atoms with Crippen LogP contribution < -0.4 is 10.4 Å². The first-order valence-electron chi connectivity index (χ1n) is 9.48. The smallest absolute Gasteiger partial charge is 0.261 e. The summed E-state index contributed by atoms with van der Waals surface area (Å²) >= 11 is 3.36. The highest BCUT2D eigenvalue weighted by atomic mass is 79.9. The summed E-state index contributed by atoms with van der Waals surface area (Å²) in [5.41, 5.74) is 0. The van der Waals surface area contributed by atoms with E-state index in [1.807, 2.05) is 6.08 Å². The molecule has 0 N–H and O–H groups in total. The molecule has 0 unspecified atom stereocenters. The van der Waals surface area contributed by atoms with Crippen molar-refractivity contribution in [1.82, 2.24) is 0 Å². The standard InChI is InChI=1S/C23H27BrO2Si/c1-23(2,3)27(19-10-6-4-7-11-19,20-12-8-5-9-13-20)26-17-18-14-15-21(24)22(25)16-18/h4-13,15,18H,14,16-17H2,1-3H3/t18-/m1/s1. The van der Waals surface area contributed by atoms with Crippen LogP contribution in [0.15, 0.2) is 71.2 Å². The van der Waals surface area contributed by atoms with E-state index in [0.717, 1.165) is 6.42 Å². The summed E-state index contributed by atoms with van der Waals surface area (Å²) in [6.45, 7) is 7.45. The van der Waals surface area contributed by atoms with Gasteiger partial charge in [-0.2, -0.15) is 0 Å². The van der Waals surface area contributed by atoms with Gasteiger partial charge in [-0.15, -0.1) is 0 Å². The lowest BCUT2D eigenvalue weighted by Gasteiger charge is -2.43. The Bertz CT molecular complexity index is 770. The van der Waals surface area contributed by atoms with Crippen LogP contribution in [0.4, 0.5) is 0 Å². The average molecular weight is 443 g/mol. The molecule has 4 heteroatoms. The fourth-order valence-electron chi connectivity index (χ4n) is 3.96. The molecule has 1 aliphatic rings. The van der Waals surface area contributed by atoms with E-state index in [0.29, 0.717) is 17.5 Å². The molecule has 0 saturated heterocycles. The molecule has 0 aliphatic heterocycles. The highest BCUT2D eigenvalue weighted by molar-refractivity contribution is 9.12. The Labute approximate surface area is 171 Å². The molecule has 2 nitrogen and oxygen atoms in total. The minimum atomic E-state index is -2.52. The van der Waals surface area contributed by atoms with Crippen molar-refractivity contribution < 1.29 is 9.22 Å². The number of carbonyl (C=O) groups is 1. The predicted octanol–water partition coefficient (Wildman–Crippen LogP) is 4.82. The van der Waals surface area contributed by atoms with Gasteiger partial charge in [0.25, 0.3) is 8.32 Å². The minimum absolute atomic E-state index is 0.0369. The van der Waals surface area contributed by atoms with Crippen LogP contribution in [0, 0.1) is 5.92 Å². The van der Waals surface area contributed by atoms with Crippen molar-refractivity contribution in [3.05, 3.63) is 71.2 Å². The number of Topliss-reactive ketones (excluding diaryl/α,β-unsaturated/α-hetero) is 1. The van der Waals surface area contributed by atoms with E-state index in [9.17, 15) is 4.79 Å². The van der Waals surface area contributed by atoms with Gasteiger partial charge in [-0.05, 0) is 43.7 Å². The molecule has 27 heavy (non-hydrogen) atoms. The normalized spacial score (nSPS) is 18.3. The van der Waals surface area contributed by atoms with E-state index in [1.54, 1.807) is 0 Å². The Kier molecular flexibility index (Phi) is 6.19. The van der Waals surface area contributed by atoms with Crippen molar-refractivity contribution >= 4 is 40.4 Å². The number of ketones is 1. The van der Waals surface area contributed by atoms with Gasteiger partial charge < -0.3 is 4.43 Å². The zero-order chi connectivity index (χ0) is 19.5. The molecule has 1 aliphatic carbocycles. The van der Waals surface area contributed by atoms with Crippen LogP contribution in [0.5, 0.6) is 0 Å². The first-order valence-corrected chi connectivity index (χ1v) is 12.2.